The molecule has 0 aliphatic carbocycles. The fraction of sp³-hybridized carbons (Fsp3) is 0.444. The highest BCUT2D eigenvalue weighted by atomic mass is 35.5. The fourth-order valence-corrected chi connectivity index (χ4v) is 7.48. The number of amides is 2. The number of carbonyl (C=O) groups excluding carboxylic acids is 2. The van der Waals surface area contributed by atoms with Gasteiger partial charge in [0.25, 0.3) is 11.8 Å². The van der Waals surface area contributed by atoms with E-state index in [1.54, 1.807) is 0 Å². The van der Waals surface area contributed by atoms with Crippen LogP contribution in [0, 0.1) is 17.3 Å². The summed E-state index contributed by atoms with van der Waals surface area (Å²) < 4.78 is 30.2. The summed E-state index contributed by atoms with van der Waals surface area (Å²) in [6.07, 6.45) is -0.814. The SMILES string of the molecule is CC(C)(C)CN(C(=O)[C@H]1[C@@H](C(=O)O)[C@]2(C(=O)Nc3c(Cl)cc(Cl)cc32)N2CC(F)(F)C[C@@H]12)c1cc(Cl)cc(Cl)c1. The van der Waals surface area contributed by atoms with Crippen LogP contribution in [0.2, 0.25) is 20.1 Å². The molecule has 4 atom stereocenters. The van der Waals surface area contributed by atoms with Crippen LogP contribution in [0.25, 0.3) is 0 Å². The normalized spacial score (nSPS) is 27.0. The maximum Gasteiger partial charge on any atom is 0.310 e. The summed E-state index contributed by atoms with van der Waals surface area (Å²) in [6, 6.07) is 5.89. The van der Waals surface area contributed by atoms with Crippen LogP contribution in [0.15, 0.2) is 30.3 Å². The van der Waals surface area contributed by atoms with E-state index in [0.29, 0.717) is 0 Å². The van der Waals surface area contributed by atoms with Gasteiger partial charge in [0.1, 0.15) is 11.5 Å². The summed E-state index contributed by atoms with van der Waals surface area (Å²) in [5.41, 5.74) is -2.25. The van der Waals surface area contributed by atoms with Gasteiger partial charge in [-0.15, -0.1) is 0 Å². The number of carboxylic acid groups (broad SMARTS) is 1. The van der Waals surface area contributed by atoms with Gasteiger partial charge in [0, 0.05) is 45.3 Å². The van der Waals surface area contributed by atoms with Gasteiger partial charge >= 0.3 is 5.97 Å². The number of anilines is 2. The number of carboxylic acids is 1. The number of fused-ring (bicyclic) bond motifs is 4. The molecule has 0 unspecified atom stereocenters. The molecule has 2 N–H and O–H groups in total. The Morgan fingerprint density at radius 3 is 2.25 bits per heavy atom. The van der Waals surface area contributed by atoms with Crippen LogP contribution < -0.4 is 10.2 Å². The molecule has 3 aliphatic rings. The summed E-state index contributed by atoms with van der Waals surface area (Å²) in [5, 5.41) is 13.8. The highest BCUT2D eigenvalue weighted by molar-refractivity contribution is 6.38. The highest BCUT2D eigenvalue weighted by Gasteiger charge is 2.74. The third kappa shape index (κ3) is 4.64. The number of nitrogens with zero attached hydrogens (tertiary/aromatic N) is 2. The molecule has 5 rings (SSSR count). The summed E-state index contributed by atoms with van der Waals surface area (Å²) in [7, 11) is 0. The van der Waals surface area contributed by atoms with Crippen LogP contribution >= 0.6 is 46.4 Å². The Morgan fingerprint density at radius 1 is 1.07 bits per heavy atom. The minimum Gasteiger partial charge on any atom is -0.481 e. The molecule has 2 aromatic carbocycles. The Morgan fingerprint density at radius 2 is 1.68 bits per heavy atom. The van der Waals surface area contributed by atoms with Crippen molar-refractivity contribution in [2.24, 2.45) is 17.3 Å². The van der Waals surface area contributed by atoms with Crippen molar-refractivity contribution in [1.82, 2.24) is 4.90 Å². The van der Waals surface area contributed by atoms with Gasteiger partial charge in [-0.1, -0.05) is 67.2 Å². The Balaban J connectivity index is 1.74. The summed E-state index contributed by atoms with van der Waals surface area (Å²) in [4.78, 5) is 43.9. The fourth-order valence-electron chi connectivity index (χ4n) is 6.43. The molecule has 1 spiro atoms. The van der Waals surface area contributed by atoms with Crippen LogP contribution in [0.1, 0.15) is 32.8 Å². The topological polar surface area (TPSA) is 90.0 Å². The molecule has 13 heteroatoms. The van der Waals surface area contributed by atoms with E-state index in [0.717, 1.165) is 4.90 Å². The standard InChI is InChI=1S/C27H25Cl4F2N3O4/c1-25(2,3)10-35(15-5-12(28)4-13(29)6-15)22(37)19-18-9-26(32,33)11-36(18)27(20(19)23(38)39)16-7-14(30)8-17(31)21(16)34-24(27)40/h4-8,18-20H,9-11H2,1-3H3,(H,34,40)(H,38,39)/t18-,19+,20-,27+/m0/s1. The second-order valence-corrected chi connectivity index (χ2v) is 13.5. The Hall–Kier alpha value is -2.17. The maximum absolute atomic E-state index is 15.1. The molecule has 0 radical (unpaired) electrons. The summed E-state index contributed by atoms with van der Waals surface area (Å²) in [5.74, 6) is -9.66. The van der Waals surface area contributed by atoms with Crippen molar-refractivity contribution in [3.05, 3.63) is 56.0 Å². The maximum atomic E-state index is 15.1. The number of hydrogen-bond donors (Lipinski definition) is 2. The number of rotatable bonds is 4. The van der Waals surface area contributed by atoms with E-state index in [-0.39, 0.29) is 43.6 Å². The first-order valence-corrected chi connectivity index (χ1v) is 13.9. The Kier molecular flexibility index (Phi) is 7.11. The van der Waals surface area contributed by atoms with Gasteiger partial charge in [-0.3, -0.25) is 19.3 Å². The number of carbonyl (C=O) groups is 3. The van der Waals surface area contributed by atoms with Gasteiger partial charge in [-0.05, 0) is 35.7 Å². The first-order chi connectivity index (χ1) is 18.5. The predicted molar refractivity (Wildman–Crippen MR) is 150 cm³/mol. The molecular weight excluding hydrogens is 610 g/mol. The molecule has 2 saturated heterocycles. The molecule has 3 aliphatic heterocycles. The van der Waals surface area contributed by atoms with Crippen molar-refractivity contribution in [2.75, 3.05) is 23.3 Å². The van der Waals surface area contributed by atoms with Crippen molar-refractivity contribution in [3.8, 4) is 0 Å². The lowest BCUT2D eigenvalue weighted by atomic mass is 9.73. The van der Waals surface area contributed by atoms with Crippen molar-refractivity contribution < 1.29 is 28.3 Å². The number of benzene rings is 2. The second kappa shape index (κ2) is 9.70. The summed E-state index contributed by atoms with van der Waals surface area (Å²) >= 11 is 25.1. The van der Waals surface area contributed by atoms with E-state index in [4.69, 9.17) is 46.4 Å². The Bertz CT molecular complexity index is 1430. The third-order valence-corrected chi connectivity index (χ3v) is 8.60. The lowest BCUT2D eigenvalue weighted by Gasteiger charge is -2.36. The molecule has 2 aromatic rings. The second-order valence-electron chi connectivity index (χ2n) is 11.7. The molecular formula is C27H25Cl4F2N3O4. The van der Waals surface area contributed by atoms with E-state index in [9.17, 15) is 19.5 Å². The monoisotopic (exact) mass is 633 g/mol. The van der Waals surface area contributed by atoms with Crippen LogP contribution in [0.4, 0.5) is 20.2 Å². The van der Waals surface area contributed by atoms with Gasteiger partial charge < -0.3 is 15.3 Å². The predicted octanol–water partition coefficient (Wildman–Crippen LogP) is 6.57. The molecule has 2 fully saturated rings. The quantitative estimate of drug-likeness (QED) is 0.397. The van der Waals surface area contributed by atoms with Gasteiger partial charge in [-0.2, -0.15) is 0 Å². The molecule has 3 heterocycles. The van der Waals surface area contributed by atoms with E-state index >= 15 is 8.78 Å². The van der Waals surface area contributed by atoms with Crippen LogP contribution in [-0.2, 0) is 19.9 Å². The first kappa shape index (κ1) is 29.3. The van der Waals surface area contributed by atoms with Crippen molar-refractivity contribution >= 4 is 75.6 Å². The zero-order chi connectivity index (χ0) is 29.5. The smallest absolute Gasteiger partial charge is 0.310 e. The van der Waals surface area contributed by atoms with Crippen LogP contribution in [0.3, 0.4) is 0 Å². The third-order valence-electron chi connectivity index (χ3n) is 7.65. The number of hydrogen-bond acceptors (Lipinski definition) is 4. The summed E-state index contributed by atoms with van der Waals surface area (Å²) in [6.45, 7) is 4.76. The van der Waals surface area contributed by atoms with Crippen LogP contribution in [0.5, 0.6) is 0 Å². The lowest BCUT2D eigenvalue weighted by Crippen LogP contribution is -2.54. The average Bonchev–Trinajstić information content (AvgIpc) is 3.37. The van der Waals surface area contributed by atoms with Crippen molar-refractivity contribution in [3.63, 3.8) is 0 Å². The lowest BCUT2D eigenvalue weighted by molar-refractivity contribution is -0.153. The van der Waals surface area contributed by atoms with Gasteiger partial charge in [-0.25, -0.2) is 8.78 Å². The molecule has 214 valence electrons. The first-order valence-electron chi connectivity index (χ1n) is 12.4. The van der Waals surface area contributed by atoms with Crippen molar-refractivity contribution in [2.45, 2.75) is 44.7 Å². The zero-order valence-electron chi connectivity index (χ0n) is 21.6. The van der Waals surface area contributed by atoms with E-state index in [1.165, 1.54) is 35.2 Å². The number of halogens is 6. The van der Waals surface area contributed by atoms with Gasteiger partial charge in [0.05, 0.1) is 23.2 Å². The molecule has 2 amide bonds. The van der Waals surface area contributed by atoms with Gasteiger partial charge in [0.15, 0.2) is 0 Å². The van der Waals surface area contributed by atoms with Crippen molar-refractivity contribution in [1.29, 1.82) is 0 Å². The largest absolute Gasteiger partial charge is 0.481 e. The Labute approximate surface area is 249 Å². The minimum atomic E-state index is -3.29. The molecule has 40 heavy (non-hydrogen) atoms. The molecule has 0 saturated carbocycles. The highest BCUT2D eigenvalue weighted by Crippen LogP contribution is 2.61. The number of alkyl halides is 2. The van der Waals surface area contributed by atoms with Gasteiger partial charge in [0.2, 0.25) is 5.91 Å². The van der Waals surface area contributed by atoms with E-state index in [1.807, 2.05) is 20.8 Å². The minimum absolute atomic E-state index is 0.0251. The number of aliphatic carboxylic acids is 1. The molecule has 0 bridgehead atoms. The molecule has 7 nitrogen and oxygen atoms in total. The average molecular weight is 635 g/mol. The molecule has 0 aromatic heterocycles. The zero-order valence-corrected chi connectivity index (χ0v) is 24.6. The van der Waals surface area contributed by atoms with E-state index in [2.05, 4.69) is 5.32 Å². The number of nitrogens with one attached hydrogen (secondary N) is 1. The van der Waals surface area contributed by atoms with E-state index < -0.39 is 65.5 Å². The van der Waals surface area contributed by atoms with Crippen LogP contribution in [-0.4, -0.2) is 52.8 Å².